The van der Waals surface area contributed by atoms with Crippen LogP contribution in [-0.2, 0) is 19.8 Å². The Morgan fingerprint density at radius 3 is 2.65 bits per heavy atom. The summed E-state index contributed by atoms with van der Waals surface area (Å²) in [5.74, 6) is 1.76. The van der Waals surface area contributed by atoms with E-state index < -0.39 is 0 Å². The maximum absolute atomic E-state index is 6.09. The molecule has 1 fully saturated rings. The van der Waals surface area contributed by atoms with E-state index in [1.54, 1.807) is 0 Å². The van der Waals surface area contributed by atoms with Gasteiger partial charge in [0.2, 0.25) is 4.77 Å². The fourth-order valence-electron chi connectivity index (χ4n) is 2.81. The van der Waals surface area contributed by atoms with Crippen LogP contribution in [0.25, 0.3) is 0 Å². The van der Waals surface area contributed by atoms with Crippen LogP contribution in [0.3, 0.4) is 0 Å². The molecule has 0 radical (unpaired) electrons. The van der Waals surface area contributed by atoms with Crippen molar-refractivity contribution in [3.8, 4) is 0 Å². The lowest BCUT2D eigenvalue weighted by Crippen LogP contribution is -3.07. The third kappa shape index (κ3) is 3.79. The van der Waals surface area contributed by atoms with Gasteiger partial charge in [-0.1, -0.05) is 29.3 Å². The number of nitrogens with zero attached hydrogens (tertiary/aromatic N) is 3. The minimum atomic E-state index is 0.589. The second-order valence-electron chi connectivity index (χ2n) is 6.20. The molecule has 7 heteroatoms. The van der Waals surface area contributed by atoms with Crippen LogP contribution < -0.4 is 4.90 Å². The van der Waals surface area contributed by atoms with E-state index in [0.717, 1.165) is 35.9 Å². The van der Waals surface area contributed by atoms with Crippen LogP contribution in [0.1, 0.15) is 37.1 Å². The second-order valence-corrected chi connectivity index (χ2v) is 7.38. The highest BCUT2D eigenvalue weighted by molar-refractivity contribution is 7.71. The Morgan fingerprint density at radius 2 is 2.04 bits per heavy atom. The van der Waals surface area contributed by atoms with Gasteiger partial charge in [0.1, 0.15) is 12.4 Å². The Morgan fingerprint density at radius 1 is 1.30 bits per heavy atom. The molecule has 0 spiro atoms. The van der Waals surface area contributed by atoms with Crippen molar-refractivity contribution in [3.05, 3.63) is 44.4 Å². The first-order valence-corrected chi connectivity index (χ1v) is 9.08. The summed E-state index contributed by atoms with van der Waals surface area (Å²) in [5.41, 5.74) is 1.15. The van der Waals surface area contributed by atoms with E-state index in [1.165, 1.54) is 17.7 Å². The van der Waals surface area contributed by atoms with E-state index in [2.05, 4.69) is 18.5 Å². The van der Waals surface area contributed by atoms with Gasteiger partial charge in [0.15, 0.2) is 6.67 Å². The number of rotatable bonds is 6. The van der Waals surface area contributed by atoms with Crippen LogP contribution in [0.2, 0.25) is 10.0 Å². The lowest BCUT2D eigenvalue weighted by molar-refractivity contribution is -0.917. The third-order valence-corrected chi connectivity index (χ3v) is 5.29. The number of nitrogens with one attached hydrogen (secondary N) is 1. The molecule has 0 bridgehead atoms. The zero-order valence-corrected chi connectivity index (χ0v) is 15.7. The Bertz CT molecular complexity index is 764. The minimum absolute atomic E-state index is 0.589. The number of benzene rings is 1. The van der Waals surface area contributed by atoms with E-state index in [0.29, 0.717) is 16.0 Å². The summed E-state index contributed by atoms with van der Waals surface area (Å²) in [7, 11) is 2.13. The summed E-state index contributed by atoms with van der Waals surface area (Å²) in [6.07, 6.45) is 2.47. The predicted molar refractivity (Wildman–Crippen MR) is 95.8 cm³/mol. The summed E-state index contributed by atoms with van der Waals surface area (Å²) in [6.45, 7) is 4.60. The number of hydrogen-bond acceptors (Lipinski definition) is 2. The molecule has 0 amide bonds. The van der Waals surface area contributed by atoms with E-state index in [4.69, 9.17) is 40.5 Å². The minimum Gasteiger partial charge on any atom is -0.315 e. The fourth-order valence-corrected chi connectivity index (χ4v) is 3.46. The molecule has 1 saturated carbocycles. The van der Waals surface area contributed by atoms with Crippen LogP contribution >= 0.6 is 35.4 Å². The molecule has 1 aliphatic carbocycles. The molecule has 1 aliphatic rings. The highest BCUT2D eigenvalue weighted by atomic mass is 35.5. The zero-order valence-electron chi connectivity index (χ0n) is 13.4. The van der Waals surface area contributed by atoms with Gasteiger partial charge >= 0.3 is 0 Å². The summed E-state index contributed by atoms with van der Waals surface area (Å²) in [5, 5.41) is 5.95. The van der Waals surface area contributed by atoms with Crippen molar-refractivity contribution in [3.63, 3.8) is 0 Å². The SMILES string of the molecule is CCn1c(C2CC2)nn(C[NH+](C)Cc2ccc(Cl)c(Cl)c2)c1=S. The maximum atomic E-state index is 6.09. The van der Waals surface area contributed by atoms with Crippen molar-refractivity contribution in [1.82, 2.24) is 14.3 Å². The standard InChI is InChI=1S/C16H20Cl2N4S/c1-3-21-15(12-5-6-12)19-22(16(21)23)10-20(2)9-11-4-7-13(17)14(18)8-11/h4,7-8,12H,3,5-6,9-10H2,1-2H3/p+1. The van der Waals surface area contributed by atoms with E-state index in [9.17, 15) is 0 Å². The first-order chi connectivity index (χ1) is 11.0. The van der Waals surface area contributed by atoms with Gasteiger partial charge < -0.3 is 9.47 Å². The molecular formula is C16H21Cl2N4S+. The Balaban J connectivity index is 1.73. The average Bonchev–Trinajstić information content (AvgIpc) is 3.30. The van der Waals surface area contributed by atoms with E-state index >= 15 is 0 Å². The summed E-state index contributed by atoms with van der Waals surface area (Å²) < 4.78 is 4.95. The van der Waals surface area contributed by atoms with Crippen LogP contribution in [0.4, 0.5) is 0 Å². The van der Waals surface area contributed by atoms with Gasteiger partial charge in [-0.2, -0.15) is 9.78 Å². The van der Waals surface area contributed by atoms with Gasteiger partial charge in [-0.3, -0.25) is 0 Å². The predicted octanol–water partition coefficient (Wildman–Crippen LogP) is 3.29. The number of hydrogen-bond donors (Lipinski definition) is 1. The van der Waals surface area contributed by atoms with Crippen molar-refractivity contribution in [2.24, 2.45) is 0 Å². The molecule has 4 nitrogen and oxygen atoms in total. The summed E-state index contributed by atoms with van der Waals surface area (Å²) >= 11 is 17.7. The van der Waals surface area contributed by atoms with Gasteiger partial charge in [0, 0.05) is 18.0 Å². The quantitative estimate of drug-likeness (QED) is 0.788. The van der Waals surface area contributed by atoms with Crippen molar-refractivity contribution in [1.29, 1.82) is 0 Å². The smallest absolute Gasteiger partial charge is 0.202 e. The molecule has 1 N–H and O–H groups in total. The molecule has 0 saturated heterocycles. The zero-order chi connectivity index (χ0) is 16.6. The molecule has 124 valence electrons. The van der Waals surface area contributed by atoms with Gasteiger partial charge in [-0.05, 0) is 44.1 Å². The number of halogens is 2. The third-order valence-electron chi connectivity index (χ3n) is 4.12. The highest BCUT2D eigenvalue weighted by Gasteiger charge is 2.30. The van der Waals surface area contributed by atoms with Crippen molar-refractivity contribution >= 4 is 35.4 Å². The number of aromatic nitrogens is 3. The lowest BCUT2D eigenvalue weighted by Gasteiger charge is -2.14. The summed E-state index contributed by atoms with van der Waals surface area (Å²) in [6, 6.07) is 5.78. The van der Waals surface area contributed by atoms with Crippen molar-refractivity contribution in [2.45, 2.75) is 45.4 Å². The highest BCUT2D eigenvalue weighted by Crippen LogP contribution is 2.39. The first-order valence-electron chi connectivity index (χ1n) is 7.92. The topological polar surface area (TPSA) is 27.2 Å². The molecule has 23 heavy (non-hydrogen) atoms. The summed E-state index contributed by atoms with van der Waals surface area (Å²) in [4.78, 5) is 1.29. The largest absolute Gasteiger partial charge is 0.315 e. The first kappa shape index (κ1) is 17.0. The Labute approximate surface area is 151 Å². The molecule has 1 unspecified atom stereocenters. The molecule has 1 heterocycles. The molecule has 2 aromatic rings. The molecule has 1 aromatic carbocycles. The van der Waals surface area contributed by atoms with Gasteiger partial charge in [-0.25, -0.2) is 0 Å². The fraction of sp³-hybridized carbons (Fsp3) is 0.500. The molecule has 1 atom stereocenters. The average molecular weight is 372 g/mol. The molecule has 0 aliphatic heterocycles. The monoisotopic (exact) mass is 371 g/mol. The van der Waals surface area contributed by atoms with Gasteiger partial charge in [-0.15, -0.1) is 0 Å². The maximum Gasteiger partial charge on any atom is 0.202 e. The molecular weight excluding hydrogens is 351 g/mol. The normalized spacial score (nSPS) is 15.8. The molecule has 1 aromatic heterocycles. The molecule has 3 rings (SSSR count). The Kier molecular flexibility index (Phi) is 5.11. The number of quaternary nitrogens is 1. The van der Waals surface area contributed by atoms with Gasteiger partial charge in [0.05, 0.1) is 17.1 Å². The van der Waals surface area contributed by atoms with Crippen LogP contribution in [-0.4, -0.2) is 21.4 Å². The van der Waals surface area contributed by atoms with Crippen LogP contribution in [0, 0.1) is 4.77 Å². The van der Waals surface area contributed by atoms with Crippen LogP contribution in [0.15, 0.2) is 18.2 Å². The van der Waals surface area contributed by atoms with Gasteiger partial charge in [0.25, 0.3) is 0 Å². The second kappa shape index (κ2) is 6.93. The van der Waals surface area contributed by atoms with E-state index in [-0.39, 0.29) is 0 Å². The lowest BCUT2D eigenvalue weighted by atomic mass is 10.2. The van der Waals surface area contributed by atoms with Crippen molar-refractivity contribution in [2.75, 3.05) is 7.05 Å². The Hall–Kier alpha value is -0.880. The van der Waals surface area contributed by atoms with Crippen molar-refractivity contribution < 1.29 is 4.90 Å². The van der Waals surface area contributed by atoms with E-state index in [1.807, 2.05) is 22.9 Å². The van der Waals surface area contributed by atoms with Crippen LogP contribution in [0.5, 0.6) is 0 Å².